The molecule has 0 aliphatic carbocycles. The number of hydrogen-bond donors (Lipinski definition) is 0. The van der Waals surface area contributed by atoms with E-state index >= 15 is 0 Å². The summed E-state index contributed by atoms with van der Waals surface area (Å²) >= 11 is 6.53. The highest BCUT2D eigenvalue weighted by Gasteiger charge is 2.31. The first kappa shape index (κ1) is 14.8. The van der Waals surface area contributed by atoms with Crippen LogP contribution in [0.25, 0.3) is 0 Å². The van der Waals surface area contributed by atoms with E-state index in [2.05, 4.69) is 31.9 Å². The van der Waals surface area contributed by atoms with E-state index in [1.807, 2.05) is 18.9 Å². The maximum atomic E-state index is 12.5. The topological polar surface area (TPSA) is 3.24 Å². The van der Waals surface area contributed by atoms with Crippen LogP contribution in [0.15, 0.2) is 22.7 Å². The second-order valence-corrected chi connectivity index (χ2v) is 5.28. The number of alkyl halides is 4. The molecule has 96 valence electrons. The molecular formula is C11H12Br2F3N. The Kier molecular flexibility index (Phi) is 4.89. The third kappa shape index (κ3) is 3.61. The van der Waals surface area contributed by atoms with Crippen LogP contribution in [0, 0.1) is 0 Å². The van der Waals surface area contributed by atoms with Crippen LogP contribution >= 0.6 is 31.9 Å². The maximum Gasteiger partial charge on any atom is 0.416 e. The molecule has 0 radical (unpaired) electrons. The summed E-state index contributed by atoms with van der Waals surface area (Å²) in [6.07, 6.45) is -4.30. The van der Waals surface area contributed by atoms with Gasteiger partial charge in [-0.15, -0.1) is 0 Å². The summed E-state index contributed by atoms with van der Waals surface area (Å²) in [5.74, 6) is 0. The molecule has 17 heavy (non-hydrogen) atoms. The standard InChI is InChI=1S/C11H12Br2F3N/c1-7(6-12)17(2)10-4-3-8(5-9(10)13)11(14,15)16/h3-5,7H,6H2,1-2H3. The highest BCUT2D eigenvalue weighted by Crippen LogP contribution is 2.35. The minimum atomic E-state index is -4.30. The Morgan fingerprint density at radius 2 is 1.94 bits per heavy atom. The molecule has 0 saturated heterocycles. The van der Waals surface area contributed by atoms with Crippen molar-refractivity contribution in [1.82, 2.24) is 0 Å². The summed E-state index contributed by atoms with van der Waals surface area (Å²) in [6, 6.07) is 3.87. The van der Waals surface area contributed by atoms with Gasteiger partial charge in [0.15, 0.2) is 0 Å². The summed E-state index contributed by atoms with van der Waals surface area (Å²) in [5, 5.41) is 0.747. The normalized spacial score (nSPS) is 13.6. The molecule has 1 nitrogen and oxygen atoms in total. The van der Waals surface area contributed by atoms with Gasteiger partial charge in [0.2, 0.25) is 0 Å². The molecule has 0 fully saturated rings. The molecule has 0 spiro atoms. The van der Waals surface area contributed by atoms with Crippen LogP contribution in [0.2, 0.25) is 0 Å². The van der Waals surface area contributed by atoms with Gasteiger partial charge in [-0.3, -0.25) is 0 Å². The Bertz CT molecular complexity index is 393. The molecular weight excluding hydrogens is 363 g/mol. The Morgan fingerprint density at radius 3 is 2.35 bits per heavy atom. The fourth-order valence-corrected chi connectivity index (χ4v) is 2.40. The van der Waals surface area contributed by atoms with E-state index in [9.17, 15) is 13.2 Å². The molecule has 0 bridgehead atoms. The zero-order chi connectivity index (χ0) is 13.2. The van der Waals surface area contributed by atoms with Gasteiger partial charge < -0.3 is 4.90 Å². The smallest absolute Gasteiger partial charge is 0.370 e. The van der Waals surface area contributed by atoms with Gasteiger partial charge >= 0.3 is 6.18 Å². The van der Waals surface area contributed by atoms with Gasteiger partial charge in [0.1, 0.15) is 0 Å². The molecule has 1 unspecified atom stereocenters. The van der Waals surface area contributed by atoms with E-state index in [4.69, 9.17) is 0 Å². The van der Waals surface area contributed by atoms with Crippen LogP contribution in [0.4, 0.5) is 18.9 Å². The molecule has 1 aromatic rings. The number of nitrogens with zero attached hydrogens (tertiary/aromatic N) is 1. The largest absolute Gasteiger partial charge is 0.416 e. The number of benzene rings is 1. The number of hydrogen-bond acceptors (Lipinski definition) is 1. The van der Waals surface area contributed by atoms with Crippen LogP contribution in [0.3, 0.4) is 0 Å². The van der Waals surface area contributed by atoms with E-state index in [0.717, 1.165) is 23.2 Å². The number of anilines is 1. The van der Waals surface area contributed by atoms with Gasteiger partial charge in [0, 0.05) is 22.9 Å². The highest BCUT2D eigenvalue weighted by atomic mass is 79.9. The molecule has 0 amide bonds. The quantitative estimate of drug-likeness (QED) is 0.694. The zero-order valence-corrected chi connectivity index (χ0v) is 12.5. The van der Waals surface area contributed by atoms with Crippen molar-refractivity contribution in [1.29, 1.82) is 0 Å². The van der Waals surface area contributed by atoms with Crippen molar-refractivity contribution in [3.05, 3.63) is 28.2 Å². The molecule has 0 heterocycles. The molecule has 1 aromatic carbocycles. The van der Waals surface area contributed by atoms with E-state index in [0.29, 0.717) is 4.47 Å². The minimum Gasteiger partial charge on any atom is -0.370 e. The van der Waals surface area contributed by atoms with Crippen LogP contribution in [0.5, 0.6) is 0 Å². The first-order valence-electron chi connectivity index (χ1n) is 4.93. The maximum absolute atomic E-state index is 12.5. The predicted molar refractivity (Wildman–Crippen MR) is 70.8 cm³/mol. The van der Waals surface area contributed by atoms with Crippen LogP contribution in [-0.4, -0.2) is 18.4 Å². The van der Waals surface area contributed by atoms with Crippen molar-refractivity contribution in [3.63, 3.8) is 0 Å². The third-order valence-corrected chi connectivity index (χ3v) is 4.11. The lowest BCUT2D eigenvalue weighted by molar-refractivity contribution is -0.137. The summed E-state index contributed by atoms with van der Waals surface area (Å²) in [7, 11) is 1.85. The number of halogens is 5. The molecule has 6 heteroatoms. The average molecular weight is 375 g/mol. The Morgan fingerprint density at radius 1 is 1.35 bits per heavy atom. The van der Waals surface area contributed by atoms with Crippen molar-refractivity contribution in [2.75, 3.05) is 17.3 Å². The Balaban J connectivity index is 3.06. The van der Waals surface area contributed by atoms with Crippen molar-refractivity contribution in [3.8, 4) is 0 Å². The lowest BCUT2D eigenvalue weighted by atomic mass is 10.2. The molecule has 0 aliphatic heterocycles. The van der Waals surface area contributed by atoms with Crippen LogP contribution < -0.4 is 4.90 Å². The van der Waals surface area contributed by atoms with Gasteiger partial charge in [0.05, 0.1) is 11.3 Å². The molecule has 0 aliphatic rings. The average Bonchev–Trinajstić information content (AvgIpc) is 2.25. The Hall–Kier alpha value is -0.230. The monoisotopic (exact) mass is 373 g/mol. The van der Waals surface area contributed by atoms with Gasteiger partial charge in [-0.1, -0.05) is 15.9 Å². The fourth-order valence-electron chi connectivity index (χ4n) is 1.31. The second-order valence-electron chi connectivity index (χ2n) is 3.78. The Labute approximate surface area is 115 Å². The van der Waals surface area contributed by atoms with Gasteiger partial charge in [-0.2, -0.15) is 13.2 Å². The minimum absolute atomic E-state index is 0.197. The first-order valence-corrected chi connectivity index (χ1v) is 6.84. The highest BCUT2D eigenvalue weighted by molar-refractivity contribution is 9.10. The summed E-state index contributed by atoms with van der Waals surface area (Å²) in [4.78, 5) is 1.92. The SMILES string of the molecule is CC(CBr)N(C)c1ccc(C(F)(F)F)cc1Br. The van der Waals surface area contributed by atoms with E-state index in [1.165, 1.54) is 6.07 Å². The molecule has 1 rings (SSSR count). The lowest BCUT2D eigenvalue weighted by Crippen LogP contribution is -2.30. The third-order valence-electron chi connectivity index (χ3n) is 2.54. The van der Waals surface area contributed by atoms with Gasteiger partial charge in [0.25, 0.3) is 0 Å². The molecule has 0 aromatic heterocycles. The van der Waals surface area contributed by atoms with E-state index in [1.54, 1.807) is 0 Å². The second kappa shape index (κ2) is 5.61. The molecule has 0 saturated carbocycles. The predicted octanol–water partition coefficient (Wildman–Crippen LogP) is 4.69. The molecule has 1 atom stereocenters. The van der Waals surface area contributed by atoms with Crippen molar-refractivity contribution in [2.45, 2.75) is 19.1 Å². The zero-order valence-electron chi connectivity index (χ0n) is 9.35. The summed E-state index contributed by atoms with van der Waals surface area (Å²) in [5.41, 5.74) is 0.0953. The van der Waals surface area contributed by atoms with E-state index in [-0.39, 0.29) is 6.04 Å². The van der Waals surface area contributed by atoms with Crippen LogP contribution in [-0.2, 0) is 6.18 Å². The van der Waals surface area contributed by atoms with Crippen molar-refractivity contribution >= 4 is 37.5 Å². The fraction of sp³-hybridized carbons (Fsp3) is 0.455. The number of rotatable bonds is 3. The summed E-state index contributed by atoms with van der Waals surface area (Å²) in [6.45, 7) is 1.98. The van der Waals surface area contributed by atoms with E-state index < -0.39 is 11.7 Å². The van der Waals surface area contributed by atoms with Gasteiger partial charge in [-0.05, 0) is 41.1 Å². The lowest BCUT2D eigenvalue weighted by Gasteiger charge is -2.27. The summed E-state index contributed by atoms with van der Waals surface area (Å²) < 4.78 is 37.9. The molecule has 0 N–H and O–H groups in total. The first-order chi connectivity index (χ1) is 7.77. The van der Waals surface area contributed by atoms with Gasteiger partial charge in [-0.25, -0.2) is 0 Å². The van der Waals surface area contributed by atoms with Crippen molar-refractivity contribution < 1.29 is 13.2 Å². The van der Waals surface area contributed by atoms with Crippen LogP contribution in [0.1, 0.15) is 12.5 Å². The van der Waals surface area contributed by atoms with Crippen molar-refractivity contribution in [2.24, 2.45) is 0 Å².